The molecule has 0 atom stereocenters. The lowest BCUT2D eigenvalue weighted by Crippen LogP contribution is -2.38. The smallest absolute Gasteiger partial charge is 0.119 e. The van der Waals surface area contributed by atoms with Crippen molar-refractivity contribution in [1.29, 1.82) is 0 Å². The molecule has 0 unspecified atom stereocenters. The highest BCUT2D eigenvalue weighted by atomic mass is 32.2. The minimum absolute atomic E-state index is 0.588. The molecule has 1 aliphatic heterocycles. The lowest BCUT2D eigenvalue weighted by Gasteiger charge is -2.25. The molecule has 0 bridgehead atoms. The molecule has 1 saturated heterocycles. The van der Waals surface area contributed by atoms with E-state index in [1.54, 1.807) is 0 Å². The van der Waals surface area contributed by atoms with Gasteiger partial charge in [-0.1, -0.05) is 0 Å². The second-order valence-corrected chi connectivity index (χ2v) is 6.61. The quantitative estimate of drug-likeness (QED) is 0.655. The van der Waals surface area contributed by atoms with E-state index in [0.717, 1.165) is 54.6 Å². The minimum Gasteiger partial charge on any atom is -0.494 e. The number of nitrogen functional groups attached to an aromatic ring is 1. The summed E-state index contributed by atoms with van der Waals surface area (Å²) in [7, 11) is -0.588. The highest BCUT2D eigenvalue weighted by Gasteiger charge is 2.14. The summed E-state index contributed by atoms with van der Waals surface area (Å²) in [6.07, 6.45) is 0.996. The Labute approximate surface area is 117 Å². The molecule has 1 aromatic carbocycles. The van der Waals surface area contributed by atoms with Gasteiger partial charge in [0.25, 0.3) is 0 Å². The molecule has 0 spiro atoms. The predicted molar refractivity (Wildman–Crippen MR) is 80.0 cm³/mol. The summed E-state index contributed by atoms with van der Waals surface area (Å²) in [4.78, 5) is 2.36. The third-order valence-electron chi connectivity index (χ3n) is 3.40. The number of ether oxygens (including phenoxy) is 1. The third-order valence-corrected chi connectivity index (χ3v) is 4.67. The normalized spacial score (nSPS) is 17.5. The van der Waals surface area contributed by atoms with Crippen molar-refractivity contribution in [2.75, 3.05) is 43.5 Å². The van der Waals surface area contributed by atoms with Crippen LogP contribution in [-0.4, -0.2) is 46.9 Å². The van der Waals surface area contributed by atoms with E-state index in [4.69, 9.17) is 10.5 Å². The van der Waals surface area contributed by atoms with Gasteiger partial charge in [-0.2, -0.15) is 0 Å². The highest BCUT2D eigenvalue weighted by molar-refractivity contribution is 7.85. The van der Waals surface area contributed by atoms with Gasteiger partial charge < -0.3 is 15.4 Å². The van der Waals surface area contributed by atoms with Crippen molar-refractivity contribution in [2.24, 2.45) is 0 Å². The standard InChI is InChI=1S/C14H22N2O2S/c1-12-11-13(3-4-14(12)15)18-8-2-5-16-6-9-19(17)10-7-16/h3-4,11H,2,5-10,15H2,1H3. The van der Waals surface area contributed by atoms with Crippen molar-refractivity contribution >= 4 is 16.5 Å². The van der Waals surface area contributed by atoms with Crippen molar-refractivity contribution < 1.29 is 8.95 Å². The van der Waals surface area contributed by atoms with E-state index < -0.39 is 10.8 Å². The van der Waals surface area contributed by atoms with Crippen molar-refractivity contribution in [2.45, 2.75) is 13.3 Å². The molecule has 1 aromatic rings. The summed E-state index contributed by atoms with van der Waals surface area (Å²) in [6.45, 7) is 5.62. The highest BCUT2D eigenvalue weighted by Crippen LogP contribution is 2.18. The van der Waals surface area contributed by atoms with Gasteiger partial charge in [0.1, 0.15) is 5.75 Å². The molecule has 19 heavy (non-hydrogen) atoms. The topological polar surface area (TPSA) is 55.6 Å². The third kappa shape index (κ3) is 4.51. The second-order valence-electron chi connectivity index (χ2n) is 4.91. The van der Waals surface area contributed by atoms with Crippen LogP contribution in [0.1, 0.15) is 12.0 Å². The average molecular weight is 282 g/mol. The van der Waals surface area contributed by atoms with Gasteiger partial charge in [0.15, 0.2) is 0 Å². The Balaban J connectivity index is 1.66. The van der Waals surface area contributed by atoms with Crippen molar-refractivity contribution in [3.05, 3.63) is 23.8 Å². The number of aryl methyl sites for hydroxylation is 1. The number of nitrogens with zero attached hydrogens (tertiary/aromatic N) is 1. The van der Waals surface area contributed by atoms with E-state index in [1.165, 1.54) is 0 Å². The van der Waals surface area contributed by atoms with Gasteiger partial charge in [0.2, 0.25) is 0 Å². The van der Waals surface area contributed by atoms with Gasteiger partial charge in [-0.15, -0.1) is 0 Å². The molecule has 2 rings (SSSR count). The molecule has 1 fully saturated rings. The molecule has 5 heteroatoms. The molecule has 1 aliphatic rings. The van der Waals surface area contributed by atoms with Gasteiger partial charge in [0, 0.05) is 47.6 Å². The lowest BCUT2D eigenvalue weighted by atomic mass is 10.2. The first-order chi connectivity index (χ1) is 9.15. The van der Waals surface area contributed by atoms with Crippen LogP contribution in [0, 0.1) is 6.92 Å². The number of hydrogen-bond acceptors (Lipinski definition) is 4. The lowest BCUT2D eigenvalue weighted by molar-refractivity contribution is 0.247. The first-order valence-electron chi connectivity index (χ1n) is 6.71. The molecule has 0 saturated carbocycles. The Morgan fingerprint density at radius 2 is 2.11 bits per heavy atom. The zero-order chi connectivity index (χ0) is 13.7. The van der Waals surface area contributed by atoms with Crippen molar-refractivity contribution in [3.8, 4) is 5.75 Å². The number of rotatable bonds is 5. The van der Waals surface area contributed by atoms with Gasteiger partial charge in [0.05, 0.1) is 6.61 Å². The Morgan fingerprint density at radius 3 is 2.79 bits per heavy atom. The van der Waals surface area contributed by atoms with Crippen LogP contribution in [0.15, 0.2) is 18.2 Å². The molecule has 1 heterocycles. The van der Waals surface area contributed by atoms with E-state index in [0.29, 0.717) is 6.61 Å². The molecular weight excluding hydrogens is 260 g/mol. The summed E-state index contributed by atoms with van der Waals surface area (Å²) in [5.41, 5.74) is 7.62. The monoisotopic (exact) mass is 282 g/mol. The van der Waals surface area contributed by atoms with Crippen LogP contribution in [0.25, 0.3) is 0 Å². The van der Waals surface area contributed by atoms with E-state index in [1.807, 2.05) is 25.1 Å². The van der Waals surface area contributed by atoms with E-state index in [-0.39, 0.29) is 0 Å². The average Bonchev–Trinajstić information content (AvgIpc) is 2.41. The maximum Gasteiger partial charge on any atom is 0.119 e. The second kappa shape index (κ2) is 6.91. The van der Waals surface area contributed by atoms with Crippen LogP contribution in [0.2, 0.25) is 0 Å². The fraction of sp³-hybridized carbons (Fsp3) is 0.571. The number of nitrogens with two attached hydrogens (primary N) is 1. The molecular formula is C14H22N2O2S. The first-order valence-corrected chi connectivity index (χ1v) is 8.20. The van der Waals surface area contributed by atoms with Crippen LogP contribution in [0.4, 0.5) is 5.69 Å². The van der Waals surface area contributed by atoms with Crippen LogP contribution < -0.4 is 10.5 Å². The van der Waals surface area contributed by atoms with Gasteiger partial charge in [-0.05, 0) is 37.1 Å². The maximum absolute atomic E-state index is 11.2. The largest absolute Gasteiger partial charge is 0.494 e. The molecule has 0 radical (unpaired) electrons. The van der Waals surface area contributed by atoms with Crippen molar-refractivity contribution in [3.63, 3.8) is 0 Å². The molecule has 2 N–H and O–H groups in total. The number of anilines is 1. The molecule has 4 nitrogen and oxygen atoms in total. The summed E-state index contributed by atoms with van der Waals surface area (Å²) in [6, 6.07) is 5.76. The fourth-order valence-corrected chi connectivity index (χ4v) is 3.24. The summed E-state index contributed by atoms with van der Waals surface area (Å²) in [5.74, 6) is 2.52. The fourth-order valence-electron chi connectivity index (χ4n) is 2.12. The Kier molecular flexibility index (Phi) is 5.22. The predicted octanol–water partition coefficient (Wildman–Crippen LogP) is 1.41. The number of benzene rings is 1. The summed E-state index contributed by atoms with van der Waals surface area (Å²) >= 11 is 0. The number of hydrogen-bond donors (Lipinski definition) is 1. The summed E-state index contributed by atoms with van der Waals surface area (Å²) in [5, 5.41) is 0. The zero-order valence-corrected chi connectivity index (χ0v) is 12.2. The van der Waals surface area contributed by atoms with E-state index in [9.17, 15) is 4.21 Å². The van der Waals surface area contributed by atoms with E-state index in [2.05, 4.69) is 4.90 Å². The van der Waals surface area contributed by atoms with Crippen LogP contribution in [-0.2, 0) is 10.8 Å². The Morgan fingerprint density at radius 1 is 1.37 bits per heavy atom. The maximum atomic E-state index is 11.2. The molecule has 106 valence electrons. The SMILES string of the molecule is Cc1cc(OCCCN2CCS(=O)CC2)ccc1N. The van der Waals surface area contributed by atoms with Crippen molar-refractivity contribution in [1.82, 2.24) is 4.90 Å². The van der Waals surface area contributed by atoms with Crippen LogP contribution in [0.3, 0.4) is 0 Å². The summed E-state index contributed by atoms with van der Waals surface area (Å²) < 4.78 is 16.9. The van der Waals surface area contributed by atoms with Crippen LogP contribution in [0.5, 0.6) is 5.75 Å². The van der Waals surface area contributed by atoms with Crippen LogP contribution >= 0.6 is 0 Å². The first kappa shape index (κ1) is 14.3. The minimum atomic E-state index is -0.588. The van der Waals surface area contributed by atoms with E-state index >= 15 is 0 Å². The Bertz CT molecular complexity index is 441. The molecule has 0 aliphatic carbocycles. The zero-order valence-electron chi connectivity index (χ0n) is 11.4. The van der Waals surface area contributed by atoms with Gasteiger partial charge in [-0.3, -0.25) is 4.21 Å². The molecule has 0 amide bonds. The Hall–Kier alpha value is -1.07. The molecule has 0 aromatic heterocycles. The van der Waals surface area contributed by atoms with Gasteiger partial charge in [-0.25, -0.2) is 0 Å². The van der Waals surface area contributed by atoms with Gasteiger partial charge >= 0.3 is 0 Å².